The third kappa shape index (κ3) is 5.83. The van der Waals surface area contributed by atoms with Gasteiger partial charge in [-0.05, 0) is 48.4 Å². The lowest BCUT2D eigenvalue weighted by Crippen LogP contribution is -2.11. The normalized spacial score (nSPS) is 10.6. The van der Waals surface area contributed by atoms with Crippen LogP contribution in [0.1, 0.15) is 18.9 Å². The molecule has 90 valence electrons. The molecule has 1 nitrogen and oxygen atoms in total. The summed E-state index contributed by atoms with van der Waals surface area (Å²) in [5.41, 5.74) is 1.39. The van der Waals surface area contributed by atoms with Crippen molar-refractivity contribution in [2.45, 2.75) is 24.8 Å². The Morgan fingerprint density at radius 2 is 2.12 bits per heavy atom. The number of thioether (sulfide) groups is 2. The summed E-state index contributed by atoms with van der Waals surface area (Å²) < 4.78 is 0. The van der Waals surface area contributed by atoms with Gasteiger partial charge in [-0.15, -0.1) is 11.8 Å². The third-order valence-electron chi connectivity index (χ3n) is 2.24. The second-order valence-corrected chi connectivity index (χ2v) is 5.78. The number of hydrogen-bond donors (Lipinski definition) is 1. The van der Waals surface area contributed by atoms with Gasteiger partial charge < -0.3 is 5.32 Å². The van der Waals surface area contributed by atoms with E-state index in [4.69, 9.17) is 0 Å². The smallest absolute Gasteiger partial charge is 0.0205 e. The Morgan fingerprint density at radius 1 is 1.25 bits per heavy atom. The molecule has 0 fully saturated rings. The van der Waals surface area contributed by atoms with E-state index >= 15 is 0 Å². The van der Waals surface area contributed by atoms with Crippen LogP contribution in [-0.2, 0) is 6.54 Å². The minimum atomic E-state index is 0.982. The molecule has 0 aromatic heterocycles. The Kier molecular flexibility index (Phi) is 7.81. The second kappa shape index (κ2) is 8.97. The molecule has 0 aliphatic heterocycles. The molecule has 1 aromatic rings. The van der Waals surface area contributed by atoms with E-state index in [9.17, 15) is 0 Å². The summed E-state index contributed by atoms with van der Waals surface area (Å²) in [6.45, 7) is 4.15. The van der Waals surface area contributed by atoms with Crippen molar-refractivity contribution in [3.05, 3.63) is 29.8 Å². The lowest BCUT2D eigenvalue weighted by molar-refractivity contribution is 0.725. The number of benzene rings is 1. The van der Waals surface area contributed by atoms with Gasteiger partial charge in [-0.25, -0.2) is 0 Å². The van der Waals surface area contributed by atoms with Crippen molar-refractivity contribution in [3.63, 3.8) is 0 Å². The minimum absolute atomic E-state index is 0.982. The predicted molar refractivity (Wildman–Crippen MR) is 77.5 cm³/mol. The van der Waals surface area contributed by atoms with Gasteiger partial charge in [0.05, 0.1) is 0 Å². The maximum atomic E-state index is 3.36. The molecule has 1 aromatic carbocycles. The van der Waals surface area contributed by atoms with Crippen LogP contribution in [0.2, 0.25) is 0 Å². The van der Waals surface area contributed by atoms with Crippen molar-refractivity contribution in [1.29, 1.82) is 0 Å². The number of nitrogens with one attached hydrogen (secondary N) is 1. The lowest BCUT2D eigenvalue weighted by atomic mass is 10.2. The summed E-state index contributed by atoms with van der Waals surface area (Å²) in [7, 11) is 0. The van der Waals surface area contributed by atoms with Crippen molar-refractivity contribution in [3.8, 4) is 0 Å². The van der Waals surface area contributed by atoms with Crippen molar-refractivity contribution in [2.75, 3.05) is 24.3 Å². The zero-order valence-corrected chi connectivity index (χ0v) is 11.8. The fourth-order valence-electron chi connectivity index (χ4n) is 1.41. The van der Waals surface area contributed by atoms with E-state index < -0.39 is 0 Å². The van der Waals surface area contributed by atoms with Crippen molar-refractivity contribution in [1.82, 2.24) is 5.32 Å². The third-order valence-corrected chi connectivity index (χ3v) is 4.02. The van der Waals surface area contributed by atoms with Crippen molar-refractivity contribution < 1.29 is 0 Å². The van der Waals surface area contributed by atoms with Gasteiger partial charge in [-0.2, -0.15) is 11.8 Å². The standard InChI is InChI=1S/C13H21NS2/c1-3-14-11-12-6-4-7-13(10-12)16-9-5-8-15-2/h4,6-7,10,14H,3,5,8-9,11H2,1-2H3. The first-order valence-corrected chi connectivity index (χ1v) is 8.16. The van der Waals surface area contributed by atoms with E-state index in [1.807, 2.05) is 23.5 Å². The molecule has 0 heterocycles. The van der Waals surface area contributed by atoms with E-state index in [0.717, 1.165) is 13.1 Å². The van der Waals surface area contributed by atoms with E-state index in [1.165, 1.54) is 28.4 Å². The van der Waals surface area contributed by atoms with Crippen LogP contribution < -0.4 is 5.32 Å². The molecule has 1 rings (SSSR count). The summed E-state index contributed by atoms with van der Waals surface area (Å²) in [5, 5.41) is 3.36. The molecular weight excluding hydrogens is 234 g/mol. The molecule has 3 heteroatoms. The van der Waals surface area contributed by atoms with Crippen LogP contribution in [0.15, 0.2) is 29.2 Å². The van der Waals surface area contributed by atoms with Gasteiger partial charge in [0.2, 0.25) is 0 Å². The molecule has 1 N–H and O–H groups in total. The highest BCUT2D eigenvalue weighted by atomic mass is 32.2. The zero-order valence-electron chi connectivity index (χ0n) is 10.2. The SMILES string of the molecule is CCNCc1cccc(SCCCSC)c1. The van der Waals surface area contributed by atoms with Crippen LogP contribution in [0, 0.1) is 0 Å². The Bertz CT molecular complexity index is 289. The molecule has 16 heavy (non-hydrogen) atoms. The molecule has 0 radical (unpaired) electrons. The van der Waals surface area contributed by atoms with Gasteiger partial charge in [0, 0.05) is 11.4 Å². The topological polar surface area (TPSA) is 12.0 Å². The summed E-state index contributed by atoms with van der Waals surface area (Å²) in [6, 6.07) is 8.85. The first-order valence-electron chi connectivity index (χ1n) is 5.78. The van der Waals surface area contributed by atoms with Gasteiger partial charge in [-0.3, -0.25) is 0 Å². The van der Waals surface area contributed by atoms with Gasteiger partial charge in [0.25, 0.3) is 0 Å². The van der Waals surface area contributed by atoms with Crippen LogP contribution >= 0.6 is 23.5 Å². The monoisotopic (exact) mass is 255 g/mol. The van der Waals surface area contributed by atoms with E-state index in [2.05, 4.69) is 42.8 Å². The summed E-state index contributed by atoms with van der Waals surface area (Å²) in [5.74, 6) is 2.50. The number of hydrogen-bond acceptors (Lipinski definition) is 3. The molecule has 0 unspecified atom stereocenters. The molecule has 0 atom stereocenters. The zero-order chi connectivity index (χ0) is 11.6. The Hall–Kier alpha value is -0.120. The molecule has 0 saturated carbocycles. The van der Waals surface area contributed by atoms with Gasteiger partial charge >= 0.3 is 0 Å². The summed E-state index contributed by atoms with van der Waals surface area (Å²) in [6.07, 6.45) is 3.46. The second-order valence-electron chi connectivity index (χ2n) is 3.62. The Morgan fingerprint density at radius 3 is 2.88 bits per heavy atom. The average molecular weight is 255 g/mol. The fraction of sp³-hybridized carbons (Fsp3) is 0.538. The van der Waals surface area contributed by atoms with Gasteiger partial charge in [-0.1, -0.05) is 19.1 Å². The fourth-order valence-corrected chi connectivity index (χ4v) is 2.96. The molecular formula is C13H21NS2. The maximum Gasteiger partial charge on any atom is 0.0205 e. The molecule has 0 aliphatic carbocycles. The van der Waals surface area contributed by atoms with Crippen LogP contribution in [0.5, 0.6) is 0 Å². The Labute approximate surface area is 108 Å². The van der Waals surface area contributed by atoms with Crippen LogP contribution in [0.3, 0.4) is 0 Å². The highest BCUT2D eigenvalue weighted by molar-refractivity contribution is 7.99. The van der Waals surface area contributed by atoms with Crippen LogP contribution in [-0.4, -0.2) is 24.3 Å². The predicted octanol–water partition coefficient (Wildman–Crippen LogP) is 3.64. The number of rotatable bonds is 8. The van der Waals surface area contributed by atoms with Crippen LogP contribution in [0.4, 0.5) is 0 Å². The van der Waals surface area contributed by atoms with E-state index in [-0.39, 0.29) is 0 Å². The van der Waals surface area contributed by atoms with Crippen molar-refractivity contribution >= 4 is 23.5 Å². The molecule has 0 bridgehead atoms. The highest BCUT2D eigenvalue weighted by Gasteiger charge is 1.96. The lowest BCUT2D eigenvalue weighted by Gasteiger charge is -2.05. The summed E-state index contributed by atoms with van der Waals surface area (Å²) in [4.78, 5) is 1.40. The van der Waals surface area contributed by atoms with Crippen LogP contribution in [0.25, 0.3) is 0 Å². The van der Waals surface area contributed by atoms with Gasteiger partial charge in [0.15, 0.2) is 0 Å². The average Bonchev–Trinajstić information content (AvgIpc) is 2.33. The Balaban J connectivity index is 2.35. The first kappa shape index (κ1) is 13.9. The first-order chi connectivity index (χ1) is 7.86. The largest absolute Gasteiger partial charge is 0.313 e. The van der Waals surface area contributed by atoms with Crippen molar-refractivity contribution in [2.24, 2.45) is 0 Å². The molecule has 0 spiro atoms. The maximum absolute atomic E-state index is 3.36. The highest BCUT2D eigenvalue weighted by Crippen LogP contribution is 2.20. The molecule has 0 amide bonds. The van der Waals surface area contributed by atoms with E-state index in [1.54, 1.807) is 0 Å². The summed E-state index contributed by atoms with van der Waals surface area (Å²) >= 11 is 3.89. The van der Waals surface area contributed by atoms with Gasteiger partial charge in [0.1, 0.15) is 0 Å². The molecule has 0 aliphatic rings. The molecule has 0 saturated heterocycles. The minimum Gasteiger partial charge on any atom is -0.313 e. The van der Waals surface area contributed by atoms with E-state index in [0.29, 0.717) is 0 Å². The quantitative estimate of drug-likeness (QED) is 0.562.